The van der Waals surface area contributed by atoms with Crippen LogP contribution in [0.15, 0.2) is 35.3 Å². The maximum atomic E-state index is 11.6. The molecule has 0 unspecified atom stereocenters. The lowest BCUT2D eigenvalue weighted by Crippen LogP contribution is -2.14. The summed E-state index contributed by atoms with van der Waals surface area (Å²) in [5, 5.41) is 11.2. The summed E-state index contributed by atoms with van der Waals surface area (Å²) in [6.07, 6.45) is 4.00. The lowest BCUT2D eigenvalue weighted by Gasteiger charge is -2.13. The van der Waals surface area contributed by atoms with Crippen LogP contribution in [0.4, 0.5) is 5.69 Å². The monoisotopic (exact) mass is 314 g/mol. The number of nitro benzene ring substituents is 1. The highest BCUT2D eigenvalue weighted by molar-refractivity contribution is 5.73. The first-order chi connectivity index (χ1) is 11.0. The highest BCUT2D eigenvalue weighted by Gasteiger charge is 2.24. The molecule has 0 saturated heterocycles. The summed E-state index contributed by atoms with van der Waals surface area (Å²) in [6, 6.07) is 6.35. The number of nitro groups is 1. The van der Waals surface area contributed by atoms with Crippen LogP contribution in [0.2, 0.25) is 0 Å². The molecule has 1 aliphatic rings. The Labute approximate surface area is 133 Å². The molecule has 6 nitrogen and oxygen atoms in total. The van der Waals surface area contributed by atoms with Gasteiger partial charge in [-0.05, 0) is 37.8 Å². The van der Waals surface area contributed by atoms with Gasteiger partial charge in [0.2, 0.25) is 5.56 Å². The number of benzene rings is 1. The Hall–Kier alpha value is -2.63. The maximum Gasteiger partial charge on any atom is 0.273 e. The van der Waals surface area contributed by atoms with Gasteiger partial charge in [-0.1, -0.05) is 0 Å². The molecular formula is C17H18N2O4. The fourth-order valence-electron chi connectivity index (χ4n) is 2.46. The average Bonchev–Trinajstić information content (AvgIpc) is 3.32. The van der Waals surface area contributed by atoms with E-state index in [0.29, 0.717) is 29.4 Å². The van der Waals surface area contributed by atoms with Crippen molar-refractivity contribution in [1.82, 2.24) is 4.57 Å². The Morgan fingerprint density at radius 1 is 1.35 bits per heavy atom. The molecule has 0 radical (unpaired) electrons. The fraction of sp³-hybridized carbons (Fsp3) is 0.353. The van der Waals surface area contributed by atoms with E-state index in [2.05, 4.69) is 0 Å². The van der Waals surface area contributed by atoms with Crippen LogP contribution in [0, 0.1) is 23.0 Å². The standard InChI is InChI=1S/C17H18N2O4/c1-11-7-16(23-10-12-3-4-12)14(8-15(11)19(21)22)13-5-6-17(20)18(2)9-13/h5-9,12H,3-4,10H2,1-2H3. The lowest BCUT2D eigenvalue weighted by atomic mass is 10.0. The molecule has 0 aliphatic heterocycles. The van der Waals surface area contributed by atoms with E-state index in [1.54, 1.807) is 32.3 Å². The first-order valence-electron chi connectivity index (χ1n) is 7.54. The van der Waals surface area contributed by atoms with Gasteiger partial charge in [0.1, 0.15) is 5.75 Å². The Morgan fingerprint density at radius 3 is 2.70 bits per heavy atom. The molecule has 1 fully saturated rings. The number of aryl methyl sites for hydroxylation is 2. The van der Waals surface area contributed by atoms with E-state index < -0.39 is 4.92 Å². The van der Waals surface area contributed by atoms with Crippen LogP contribution in [-0.4, -0.2) is 16.1 Å². The normalized spacial score (nSPS) is 13.8. The van der Waals surface area contributed by atoms with Gasteiger partial charge in [0.15, 0.2) is 0 Å². The van der Waals surface area contributed by atoms with E-state index in [9.17, 15) is 14.9 Å². The van der Waals surface area contributed by atoms with Crippen molar-refractivity contribution in [2.45, 2.75) is 19.8 Å². The predicted molar refractivity (Wildman–Crippen MR) is 86.7 cm³/mol. The van der Waals surface area contributed by atoms with E-state index >= 15 is 0 Å². The molecule has 1 heterocycles. The van der Waals surface area contributed by atoms with Crippen LogP contribution in [0.1, 0.15) is 18.4 Å². The minimum absolute atomic E-state index is 0.0487. The van der Waals surface area contributed by atoms with E-state index in [0.717, 1.165) is 5.56 Å². The largest absolute Gasteiger partial charge is 0.493 e. The molecule has 120 valence electrons. The van der Waals surface area contributed by atoms with E-state index in [1.165, 1.54) is 29.5 Å². The van der Waals surface area contributed by atoms with Gasteiger partial charge in [-0.15, -0.1) is 0 Å². The molecule has 1 saturated carbocycles. The second-order valence-electron chi connectivity index (χ2n) is 6.01. The van der Waals surface area contributed by atoms with Gasteiger partial charge >= 0.3 is 0 Å². The quantitative estimate of drug-likeness (QED) is 0.628. The van der Waals surface area contributed by atoms with Crippen LogP contribution in [0.25, 0.3) is 11.1 Å². The SMILES string of the molecule is Cc1cc(OCC2CC2)c(-c2ccc(=O)n(C)c2)cc1[N+](=O)[O-]. The minimum Gasteiger partial charge on any atom is -0.493 e. The summed E-state index contributed by atoms with van der Waals surface area (Å²) in [7, 11) is 1.65. The molecule has 2 aromatic rings. The topological polar surface area (TPSA) is 74.4 Å². The number of nitrogens with zero attached hydrogens (tertiary/aromatic N) is 2. The second-order valence-corrected chi connectivity index (χ2v) is 6.01. The van der Waals surface area contributed by atoms with Crippen molar-refractivity contribution < 1.29 is 9.66 Å². The second kappa shape index (κ2) is 5.87. The highest BCUT2D eigenvalue weighted by atomic mass is 16.6. The zero-order chi connectivity index (χ0) is 16.6. The summed E-state index contributed by atoms with van der Waals surface area (Å²) in [5.41, 5.74) is 1.84. The maximum absolute atomic E-state index is 11.6. The first-order valence-corrected chi connectivity index (χ1v) is 7.54. The molecule has 1 aliphatic carbocycles. The summed E-state index contributed by atoms with van der Waals surface area (Å²) in [5.74, 6) is 1.21. The number of pyridine rings is 1. The van der Waals surface area contributed by atoms with Gasteiger partial charge in [0, 0.05) is 42.1 Å². The van der Waals surface area contributed by atoms with Crippen LogP contribution in [0.3, 0.4) is 0 Å². The van der Waals surface area contributed by atoms with Crippen molar-refractivity contribution in [3.8, 4) is 16.9 Å². The Morgan fingerprint density at radius 2 is 2.09 bits per heavy atom. The molecule has 0 bridgehead atoms. The third kappa shape index (κ3) is 3.26. The van der Waals surface area contributed by atoms with Crippen LogP contribution < -0.4 is 10.3 Å². The summed E-state index contributed by atoms with van der Waals surface area (Å²) in [6.45, 7) is 2.32. The molecule has 23 heavy (non-hydrogen) atoms. The molecule has 0 spiro atoms. The van der Waals surface area contributed by atoms with Crippen molar-refractivity contribution in [2.24, 2.45) is 13.0 Å². The van der Waals surface area contributed by atoms with Crippen molar-refractivity contribution in [1.29, 1.82) is 0 Å². The molecule has 1 aromatic heterocycles. The molecular weight excluding hydrogens is 296 g/mol. The van der Waals surface area contributed by atoms with Gasteiger partial charge in [-0.3, -0.25) is 14.9 Å². The van der Waals surface area contributed by atoms with Gasteiger partial charge in [-0.25, -0.2) is 0 Å². The number of hydrogen-bond donors (Lipinski definition) is 0. The van der Waals surface area contributed by atoms with Gasteiger partial charge in [0.25, 0.3) is 5.69 Å². The highest BCUT2D eigenvalue weighted by Crippen LogP contribution is 2.37. The van der Waals surface area contributed by atoms with Gasteiger partial charge in [0.05, 0.1) is 11.5 Å². The minimum atomic E-state index is -0.397. The Balaban J connectivity index is 2.09. The lowest BCUT2D eigenvalue weighted by molar-refractivity contribution is -0.385. The third-order valence-electron chi connectivity index (χ3n) is 4.06. The molecule has 0 atom stereocenters. The van der Waals surface area contributed by atoms with Crippen molar-refractivity contribution in [3.63, 3.8) is 0 Å². The van der Waals surface area contributed by atoms with E-state index in [1.807, 2.05) is 0 Å². The smallest absolute Gasteiger partial charge is 0.273 e. The van der Waals surface area contributed by atoms with E-state index in [-0.39, 0.29) is 11.2 Å². The molecule has 1 aromatic carbocycles. The van der Waals surface area contributed by atoms with Crippen LogP contribution >= 0.6 is 0 Å². The number of hydrogen-bond acceptors (Lipinski definition) is 4. The Kier molecular flexibility index (Phi) is 3.90. The van der Waals surface area contributed by atoms with Crippen molar-refractivity contribution >= 4 is 5.69 Å². The summed E-state index contributed by atoms with van der Waals surface area (Å²) < 4.78 is 7.34. The summed E-state index contributed by atoms with van der Waals surface area (Å²) >= 11 is 0. The number of aromatic nitrogens is 1. The van der Waals surface area contributed by atoms with Crippen LogP contribution in [-0.2, 0) is 7.05 Å². The number of ether oxygens (including phenoxy) is 1. The molecule has 0 N–H and O–H groups in total. The fourth-order valence-corrected chi connectivity index (χ4v) is 2.46. The van der Waals surface area contributed by atoms with Crippen LogP contribution in [0.5, 0.6) is 5.75 Å². The Bertz CT molecular complexity index is 822. The zero-order valence-electron chi connectivity index (χ0n) is 13.1. The third-order valence-corrected chi connectivity index (χ3v) is 4.06. The average molecular weight is 314 g/mol. The molecule has 3 rings (SSSR count). The van der Waals surface area contributed by atoms with Gasteiger partial charge < -0.3 is 9.30 Å². The summed E-state index contributed by atoms with van der Waals surface area (Å²) in [4.78, 5) is 22.4. The first kappa shape index (κ1) is 15.3. The molecule has 6 heteroatoms. The van der Waals surface area contributed by atoms with Gasteiger partial charge in [-0.2, -0.15) is 0 Å². The predicted octanol–water partition coefficient (Wildman–Crippen LogP) is 3.06. The number of rotatable bonds is 5. The zero-order valence-corrected chi connectivity index (χ0v) is 13.1. The van der Waals surface area contributed by atoms with E-state index in [4.69, 9.17) is 4.74 Å². The molecule has 0 amide bonds. The van der Waals surface area contributed by atoms with Crippen molar-refractivity contribution in [2.75, 3.05) is 6.61 Å². The van der Waals surface area contributed by atoms with Crippen molar-refractivity contribution in [3.05, 3.63) is 56.5 Å².